The molecule has 2 aromatic rings. The van der Waals surface area contributed by atoms with E-state index in [1.165, 1.54) is 6.07 Å². The third-order valence-electron chi connectivity index (χ3n) is 2.49. The number of carboxylic acids is 1. The highest BCUT2D eigenvalue weighted by molar-refractivity contribution is 6.32. The molecular weight excluding hydrogens is 238 g/mol. The highest BCUT2D eigenvalue weighted by atomic mass is 35.5. The summed E-state index contributed by atoms with van der Waals surface area (Å²) >= 11 is 5.79. The van der Waals surface area contributed by atoms with Gasteiger partial charge in [0.25, 0.3) is 0 Å². The fourth-order valence-electron chi connectivity index (χ4n) is 1.60. The first-order valence-corrected chi connectivity index (χ1v) is 5.41. The molecule has 0 N–H and O–H groups in total. The third-order valence-corrected chi connectivity index (χ3v) is 2.78. The molecule has 86 valence electrons. The molecule has 1 aromatic carbocycles. The van der Waals surface area contributed by atoms with Gasteiger partial charge in [-0.2, -0.15) is 0 Å². The molecule has 0 radical (unpaired) electrons. The van der Waals surface area contributed by atoms with Crippen LogP contribution in [0.3, 0.4) is 0 Å². The summed E-state index contributed by atoms with van der Waals surface area (Å²) in [6.45, 7) is 1.96. The molecule has 3 nitrogen and oxygen atoms in total. The predicted molar refractivity (Wildman–Crippen MR) is 63.8 cm³/mol. The Morgan fingerprint density at radius 2 is 1.94 bits per heavy atom. The van der Waals surface area contributed by atoms with Gasteiger partial charge in [-0.05, 0) is 24.6 Å². The standard InChI is InChI=1S/C13H10ClNO2/c1-8-4-2-3-5-9(8)11-7-6-10(13(16)17)12(14)15-11/h2-7H,1H3,(H,16,17)/p-1. The number of carbonyl (C=O) groups is 1. The molecule has 0 spiro atoms. The van der Waals surface area contributed by atoms with Crippen molar-refractivity contribution in [3.8, 4) is 11.3 Å². The first-order valence-electron chi connectivity index (χ1n) is 5.03. The number of carboxylic acid groups (broad SMARTS) is 1. The van der Waals surface area contributed by atoms with Gasteiger partial charge in [0.1, 0.15) is 5.15 Å². The van der Waals surface area contributed by atoms with Crippen molar-refractivity contribution >= 4 is 17.6 Å². The van der Waals surface area contributed by atoms with Crippen LogP contribution in [0, 0.1) is 6.92 Å². The molecule has 0 unspecified atom stereocenters. The normalized spacial score (nSPS) is 10.2. The Hall–Kier alpha value is -1.87. The van der Waals surface area contributed by atoms with Crippen molar-refractivity contribution in [1.82, 2.24) is 4.98 Å². The number of halogens is 1. The van der Waals surface area contributed by atoms with Crippen LogP contribution in [0.1, 0.15) is 15.9 Å². The lowest BCUT2D eigenvalue weighted by atomic mass is 10.0. The van der Waals surface area contributed by atoms with Gasteiger partial charge >= 0.3 is 0 Å². The topological polar surface area (TPSA) is 53.0 Å². The Balaban J connectivity index is 2.52. The maximum absolute atomic E-state index is 10.7. The van der Waals surface area contributed by atoms with Crippen LogP contribution >= 0.6 is 11.6 Å². The molecule has 0 aliphatic carbocycles. The highest BCUT2D eigenvalue weighted by Crippen LogP contribution is 2.24. The Morgan fingerprint density at radius 1 is 1.24 bits per heavy atom. The zero-order valence-electron chi connectivity index (χ0n) is 9.11. The Morgan fingerprint density at radius 3 is 2.53 bits per heavy atom. The van der Waals surface area contributed by atoms with Gasteiger partial charge in [0.15, 0.2) is 0 Å². The molecule has 0 fully saturated rings. The molecule has 2 rings (SSSR count). The lowest BCUT2D eigenvalue weighted by Gasteiger charge is -2.08. The van der Waals surface area contributed by atoms with E-state index in [0.29, 0.717) is 5.69 Å². The van der Waals surface area contributed by atoms with E-state index in [9.17, 15) is 9.90 Å². The van der Waals surface area contributed by atoms with Crippen molar-refractivity contribution in [3.05, 3.63) is 52.7 Å². The van der Waals surface area contributed by atoms with E-state index in [1.807, 2.05) is 31.2 Å². The second-order valence-electron chi connectivity index (χ2n) is 3.64. The molecule has 1 heterocycles. The summed E-state index contributed by atoms with van der Waals surface area (Å²) < 4.78 is 0. The number of rotatable bonds is 2. The number of aromatic carboxylic acids is 1. The van der Waals surface area contributed by atoms with Crippen LogP contribution in [-0.4, -0.2) is 11.0 Å². The van der Waals surface area contributed by atoms with E-state index in [0.717, 1.165) is 11.1 Å². The molecule has 17 heavy (non-hydrogen) atoms. The quantitative estimate of drug-likeness (QED) is 0.763. The number of nitrogens with zero attached hydrogens (tertiary/aromatic N) is 1. The summed E-state index contributed by atoms with van der Waals surface area (Å²) in [5, 5.41) is 10.7. The van der Waals surface area contributed by atoms with Crippen LogP contribution in [0.25, 0.3) is 11.3 Å². The average Bonchev–Trinajstić information content (AvgIpc) is 2.29. The van der Waals surface area contributed by atoms with Gasteiger partial charge in [-0.3, -0.25) is 0 Å². The zero-order valence-corrected chi connectivity index (χ0v) is 9.86. The van der Waals surface area contributed by atoms with Gasteiger partial charge in [-0.1, -0.05) is 35.9 Å². The van der Waals surface area contributed by atoms with Crippen LogP contribution in [0.15, 0.2) is 36.4 Å². The summed E-state index contributed by atoms with van der Waals surface area (Å²) in [6.07, 6.45) is 0. The SMILES string of the molecule is Cc1ccccc1-c1ccc(C(=O)[O-])c(Cl)n1. The second-order valence-corrected chi connectivity index (χ2v) is 4.00. The first-order chi connectivity index (χ1) is 8.09. The minimum absolute atomic E-state index is 0.0502. The number of pyridine rings is 1. The fraction of sp³-hybridized carbons (Fsp3) is 0.0769. The van der Waals surface area contributed by atoms with Crippen molar-refractivity contribution in [2.45, 2.75) is 6.92 Å². The van der Waals surface area contributed by atoms with Crippen molar-refractivity contribution in [2.75, 3.05) is 0 Å². The van der Waals surface area contributed by atoms with E-state index in [4.69, 9.17) is 11.6 Å². The summed E-state index contributed by atoms with van der Waals surface area (Å²) in [5.41, 5.74) is 2.54. The monoisotopic (exact) mass is 246 g/mol. The van der Waals surface area contributed by atoms with Crippen LogP contribution < -0.4 is 5.11 Å². The molecule has 0 aliphatic rings. The molecule has 0 aliphatic heterocycles. The Bertz CT molecular complexity index is 581. The number of hydrogen-bond donors (Lipinski definition) is 0. The van der Waals surface area contributed by atoms with Crippen LogP contribution in [0.2, 0.25) is 5.15 Å². The number of benzene rings is 1. The second kappa shape index (κ2) is 4.55. The number of carbonyl (C=O) groups excluding carboxylic acids is 1. The zero-order chi connectivity index (χ0) is 12.4. The maximum Gasteiger partial charge on any atom is 0.138 e. The first kappa shape index (κ1) is 11.6. The van der Waals surface area contributed by atoms with Gasteiger partial charge in [-0.25, -0.2) is 4.98 Å². The van der Waals surface area contributed by atoms with Crippen molar-refractivity contribution < 1.29 is 9.90 Å². The van der Waals surface area contributed by atoms with Gasteiger partial charge in [-0.15, -0.1) is 0 Å². The molecule has 0 saturated heterocycles. The summed E-state index contributed by atoms with van der Waals surface area (Å²) in [6, 6.07) is 10.7. The average molecular weight is 247 g/mol. The van der Waals surface area contributed by atoms with Crippen LogP contribution in [0.4, 0.5) is 0 Å². The minimum atomic E-state index is -1.32. The van der Waals surface area contributed by atoms with Crippen molar-refractivity contribution in [1.29, 1.82) is 0 Å². The van der Waals surface area contributed by atoms with Crippen LogP contribution in [-0.2, 0) is 0 Å². The predicted octanol–water partition coefficient (Wildman–Crippen LogP) is 2.07. The molecule has 0 amide bonds. The Kier molecular flexibility index (Phi) is 3.11. The van der Waals surface area contributed by atoms with E-state index in [2.05, 4.69) is 4.98 Å². The van der Waals surface area contributed by atoms with Crippen molar-refractivity contribution in [2.24, 2.45) is 0 Å². The lowest BCUT2D eigenvalue weighted by molar-refractivity contribution is -0.255. The van der Waals surface area contributed by atoms with E-state index < -0.39 is 5.97 Å². The number of aromatic nitrogens is 1. The molecule has 4 heteroatoms. The third kappa shape index (κ3) is 2.29. The largest absolute Gasteiger partial charge is 0.545 e. The molecule has 0 bridgehead atoms. The van der Waals surface area contributed by atoms with E-state index >= 15 is 0 Å². The van der Waals surface area contributed by atoms with Crippen LogP contribution in [0.5, 0.6) is 0 Å². The molecule has 0 atom stereocenters. The molecular formula is C13H9ClNO2-. The van der Waals surface area contributed by atoms with Gasteiger partial charge in [0, 0.05) is 11.1 Å². The lowest BCUT2D eigenvalue weighted by Crippen LogP contribution is -2.22. The molecule has 0 saturated carbocycles. The molecule has 1 aromatic heterocycles. The summed E-state index contributed by atoms with van der Waals surface area (Å²) in [5.74, 6) is -1.32. The van der Waals surface area contributed by atoms with Gasteiger partial charge in [0.05, 0.1) is 11.7 Å². The smallest absolute Gasteiger partial charge is 0.138 e. The van der Waals surface area contributed by atoms with Gasteiger partial charge < -0.3 is 9.90 Å². The Labute approximate surface area is 104 Å². The summed E-state index contributed by atoms with van der Waals surface area (Å²) in [4.78, 5) is 14.8. The number of aryl methyl sites for hydroxylation is 1. The number of hydrogen-bond acceptors (Lipinski definition) is 3. The van der Waals surface area contributed by atoms with E-state index in [1.54, 1.807) is 6.07 Å². The minimum Gasteiger partial charge on any atom is -0.545 e. The summed E-state index contributed by atoms with van der Waals surface area (Å²) in [7, 11) is 0. The van der Waals surface area contributed by atoms with Crippen molar-refractivity contribution in [3.63, 3.8) is 0 Å². The maximum atomic E-state index is 10.7. The van der Waals surface area contributed by atoms with Gasteiger partial charge in [0.2, 0.25) is 0 Å². The van der Waals surface area contributed by atoms with E-state index in [-0.39, 0.29) is 10.7 Å². The highest BCUT2D eigenvalue weighted by Gasteiger charge is 2.07. The fourth-order valence-corrected chi connectivity index (χ4v) is 1.83.